The Morgan fingerprint density at radius 3 is 2.81 bits per heavy atom. The number of carbonyl (C=O) groups is 1. The number of carbonyl (C=O) groups excluding carboxylic acids is 1. The Morgan fingerprint density at radius 2 is 2.12 bits per heavy atom. The van der Waals surface area contributed by atoms with E-state index in [1.165, 1.54) is 24.8 Å². The first-order chi connectivity index (χ1) is 7.84. The van der Waals surface area contributed by atoms with Gasteiger partial charge < -0.3 is 0 Å². The summed E-state index contributed by atoms with van der Waals surface area (Å²) in [6.07, 6.45) is 11.8. The molecule has 1 aliphatic rings. The molecule has 0 radical (unpaired) electrons. The van der Waals surface area contributed by atoms with Gasteiger partial charge in [0.25, 0.3) is 0 Å². The van der Waals surface area contributed by atoms with Gasteiger partial charge in [-0.05, 0) is 43.4 Å². The van der Waals surface area contributed by atoms with Crippen molar-refractivity contribution in [3.8, 4) is 0 Å². The van der Waals surface area contributed by atoms with Crippen LogP contribution in [-0.2, 0) is 11.2 Å². The average molecular weight is 215 g/mol. The lowest BCUT2D eigenvalue weighted by Gasteiger charge is -2.12. The van der Waals surface area contributed by atoms with Crippen molar-refractivity contribution in [1.82, 2.24) is 4.98 Å². The first-order valence-electron chi connectivity index (χ1n) is 5.96. The second-order valence-corrected chi connectivity index (χ2v) is 4.37. The van der Waals surface area contributed by atoms with Crippen LogP contribution in [0.3, 0.4) is 0 Å². The van der Waals surface area contributed by atoms with E-state index in [1.807, 2.05) is 18.2 Å². The van der Waals surface area contributed by atoms with E-state index in [1.54, 1.807) is 12.4 Å². The second kappa shape index (κ2) is 5.59. The van der Waals surface area contributed by atoms with Crippen LogP contribution >= 0.6 is 0 Å². The lowest BCUT2D eigenvalue weighted by Crippen LogP contribution is -2.02. The van der Waals surface area contributed by atoms with Crippen molar-refractivity contribution >= 4 is 5.78 Å². The molecule has 0 N–H and O–H groups in total. The third-order valence-corrected chi connectivity index (χ3v) is 2.96. The molecule has 0 amide bonds. The molecule has 16 heavy (non-hydrogen) atoms. The van der Waals surface area contributed by atoms with Gasteiger partial charge in [-0.3, -0.25) is 9.78 Å². The summed E-state index contributed by atoms with van der Waals surface area (Å²) in [7, 11) is 0. The van der Waals surface area contributed by atoms with Gasteiger partial charge in [-0.25, -0.2) is 0 Å². The fraction of sp³-hybridized carbons (Fsp3) is 0.429. The maximum absolute atomic E-state index is 11.8. The number of nitrogens with zero attached hydrogens (tertiary/aromatic N) is 1. The first kappa shape index (κ1) is 11.1. The van der Waals surface area contributed by atoms with Crippen molar-refractivity contribution in [3.05, 3.63) is 41.7 Å². The molecule has 0 unspecified atom stereocenters. The maximum Gasteiger partial charge on any atom is 0.160 e. The van der Waals surface area contributed by atoms with Crippen LogP contribution < -0.4 is 0 Å². The van der Waals surface area contributed by atoms with E-state index < -0.39 is 0 Å². The van der Waals surface area contributed by atoms with Crippen molar-refractivity contribution < 1.29 is 4.79 Å². The van der Waals surface area contributed by atoms with Crippen molar-refractivity contribution in [2.45, 2.75) is 38.5 Å². The summed E-state index contributed by atoms with van der Waals surface area (Å²) in [6, 6.07) is 3.82. The van der Waals surface area contributed by atoms with Crippen molar-refractivity contribution in [1.29, 1.82) is 0 Å². The molecule has 1 saturated carbocycles. The zero-order valence-electron chi connectivity index (χ0n) is 9.48. The lowest BCUT2D eigenvalue weighted by atomic mass is 9.93. The Kier molecular flexibility index (Phi) is 3.86. The van der Waals surface area contributed by atoms with E-state index >= 15 is 0 Å². The number of aromatic nitrogens is 1. The van der Waals surface area contributed by atoms with Gasteiger partial charge in [0.05, 0.1) is 0 Å². The number of hydrogen-bond donors (Lipinski definition) is 0. The van der Waals surface area contributed by atoms with Gasteiger partial charge in [0.2, 0.25) is 0 Å². The topological polar surface area (TPSA) is 30.0 Å². The van der Waals surface area contributed by atoms with Crippen LogP contribution in [0.1, 0.15) is 37.7 Å². The molecule has 1 aromatic heterocycles. The fourth-order valence-corrected chi connectivity index (χ4v) is 2.13. The SMILES string of the molecule is O=C(C=C1CCCCC1)Cc1cccnc1. The minimum atomic E-state index is 0.213. The van der Waals surface area contributed by atoms with Gasteiger partial charge in [0.1, 0.15) is 0 Å². The molecule has 1 aromatic rings. The minimum absolute atomic E-state index is 0.213. The Hall–Kier alpha value is -1.44. The third-order valence-electron chi connectivity index (χ3n) is 2.96. The molecule has 0 spiro atoms. The highest BCUT2D eigenvalue weighted by molar-refractivity contribution is 5.92. The highest BCUT2D eigenvalue weighted by Gasteiger charge is 2.07. The maximum atomic E-state index is 11.8. The predicted molar refractivity (Wildman–Crippen MR) is 64.1 cm³/mol. The zero-order valence-corrected chi connectivity index (χ0v) is 9.48. The fourth-order valence-electron chi connectivity index (χ4n) is 2.13. The van der Waals surface area contributed by atoms with E-state index in [0.717, 1.165) is 18.4 Å². The first-order valence-corrected chi connectivity index (χ1v) is 5.96. The van der Waals surface area contributed by atoms with E-state index in [-0.39, 0.29) is 5.78 Å². The summed E-state index contributed by atoms with van der Waals surface area (Å²) in [5.41, 5.74) is 2.33. The molecule has 0 saturated heterocycles. The molecule has 1 fully saturated rings. The summed E-state index contributed by atoms with van der Waals surface area (Å²) in [5.74, 6) is 0.213. The molecular weight excluding hydrogens is 198 g/mol. The Balaban J connectivity index is 1.93. The zero-order chi connectivity index (χ0) is 11.2. The van der Waals surface area contributed by atoms with E-state index in [4.69, 9.17) is 0 Å². The van der Waals surface area contributed by atoms with Crippen molar-refractivity contribution in [3.63, 3.8) is 0 Å². The highest BCUT2D eigenvalue weighted by Crippen LogP contribution is 2.22. The highest BCUT2D eigenvalue weighted by atomic mass is 16.1. The van der Waals surface area contributed by atoms with E-state index in [0.29, 0.717) is 6.42 Å². The molecule has 0 atom stereocenters. The van der Waals surface area contributed by atoms with Gasteiger partial charge in [-0.2, -0.15) is 0 Å². The molecule has 1 aliphatic carbocycles. The van der Waals surface area contributed by atoms with Crippen LogP contribution in [0, 0.1) is 0 Å². The summed E-state index contributed by atoms with van der Waals surface area (Å²) in [6.45, 7) is 0. The largest absolute Gasteiger partial charge is 0.294 e. The smallest absolute Gasteiger partial charge is 0.160 e. The number of hydrogen-bond acceptors (Lipinski definition) is 2. The van der Waals surface area contributed by atoms with Gasteiger partial charge >= 0.3 is 0 Å². The van der Waals surface area contributed by atoms with Gasteiger partial charge in [0.15, 0.2) is 5.78 Å². The normalized spacial score (nSPS) is 15.9. The minimum Gasteiger partial charge on any atom is -0.294 e. The summed E-state index contributed by atoms with van der Waals surface area (Å²) in [4.78, 5) is 15.8. The summed E-state index contributed by atoms with van der Waals surface area (Å²) >= 11 is 0. The van der Waals surface area contributed by atoms with Crippen molar-refractivity contribution in [2.75, 3.05) is 0 Å². The van der Waals surface area contributed by atoms with Crippen LogP contribution in [0.25, 0.3) is 0 Å². The number of allylic oxidation sites excluding steroid dienone is 2. The molecule has 2 rings (SSSR count). The Labute approximate surface area is 96.4 Å². The third kappa shape index (κ3) is 3.30. The monoisotopic (exact) mass is 215 g/mol. The van der Waals surface area contributed by atoms with Crippen LogP contribution in [-0.4, -0.2) is 10.8 Å². The number of rotatable bonds is 3. The van der Waals surface area contributed by atoms with Gasteiger partial charge in [-0.15, -0.1) is 0 Å². The van der Waals surface area contributed by atoms with Gasteiger partial charge in [-0.1, -0.05) is 18.1 Å². The van der Waals surface area contributed by atoms with Crippen LogP contribution in [0.15, 0.2) is 36.2 Å². The van der Waals surface area contributed by atoms with Crippen LogP contribution in [0.2, 0.25) is 0 Å². The van der Waals surface area contributed by atoms with Crippen LogP contribution in [0.4, 0.5) is 0 Å². The standard InChI is InChI=1S/C14H17NO/c16-14(9-12-5-2-1-3-6-12)10-13-7-4-8-15-11-13/h4,7-9,11H,1-3,5-6,10H2. The summed E-state index contributed by atoms with van der Waals surface area (Å²) < 4.78 is 0. The Bertz CT molecular complexity index is 373. The molecule has 0 aliphatic heterocycles. The molecule has 0 aromatic carbocycles. The summed E-state index contributed by atoms with van der Waals surface area (Å²) in [5, 5.41) is 0. The molecule has 2 nitrogen and oxygen atoms in total. The average Bonchev–Trinajstić information content (AvgIpc) is 2.31. The quantitative estimate of drug-likeness (QED) is 0.725. The number of pyridine rings is 1. The van der Waals surface area contributed by atoms with Crippen LogP contribution in [0.5, 0.6) is 0 Å². The van der Waals surface area contributed by atoms with E-state index in [2.05, 4.69) is 4.98 Å². The lowest BCUT2D eigenvalue weighted by molar-refractivity contribution is -0.114. The Morgan fingerprint density at radius 1 is 1.31 bits per heavy atom. The molecule has 1 heterocycles. The molecule has 0 bridgehead atoms. The predicted octanol–water partition coefficient (Wildman–Crippen LogP) is 3.08. The van der Waals surface area contributed by atoms with Gasteiger partial charge in [0, 0.05) is 18.8 Å². The second-order valence-electron chi connectivity index (χ2n) is 4.37. The molecular formula is C14H17NO. The van der Waals surface area contributed by atoms with Crippen molar-refractivity contribution in [2.24, 2.45) is 0 Å². The number of ketones is 1. The molecule has 2 heteroatoms. The molecule has 84 valence electrons. The van der Waals surface area contributed by atoms with E-state index in [9.17, 15) is 4.79 Å².